The van der Waals surface area contributed by atoms with Crippen LogP contribution in [0.5, 0.6) is 0 Å². The average molecular weight is 340 g/mol. The molecule has 2 N–H and O–H groups in total. The summed E-state index contributed by atoms with van der Waals surface area (Å²) in [5.41, 5.74) is -0.878. The van der Waals surface area contributed by atoms with E-state index < -0.39 is 5.60 Å². The number of nitrogens with one attached hydrogen (secondary N) is 1. The first-order chi connectivity index (χ1) is 10.8. The molecule has 0 aromatic carbocycles. The Bertz CT molecular complexity index is 498. The molecule has 1 aromatic rings. The number of likely N-dealkylation sites (tertiary alicyclic amines) is 1. The van der Waals surface area contributed by atoms with E-state index in [0.717, 1.165) is 13.0 Å². The predicted octanol–water partition coefficient (Wildman–Crippen LogP) is 2.54. The minimum Gasteiger partial charge on any atom is -0.389 e. The Morgan fingerprint density at radius 2 is 2.30 bits per heavy atom. The van der Waals surface area contributed by atoms with Gasteiger partial charge >= 0.3 is 6.03 Å². The van der Waals surface area contributed by atoms with Gasteiger partial charge in [-0.05, 0) is 57.6 Å². The largest absolute Gasteiger partial charge is 0.389 e. The molecule has 0 spiro atoms. The third-order valence-electron chi connectivity index (χ3n) is 4.33. The average Bonchev–Trinajstić information content (AvgIpc) is 2.96. The van der Waals surface area contributed by atoms with Crippen LogP contribution in [0.3, 0.4) is 0 Å². The molecule has 0 aliphatic carbocycles. The number of likely N-dealkylation sites (N-methyl/N-ethyl adjacent to an activating group) is 1. The number of piperidine rings is 1. The fourth-order valence-corrected chi connectivity index (χ4v) is 4.37. The van der Waals surface area contributed by atoms with Crippen LogP contribution in [0.15, 0.2) is 17.5 Å². The number of urea groups is 1. The molecule has 1 aliphatic heterocycles. The maximum Gasteiger partial charge on any atom is 0.317 e. The van der Waals surface area contributed by atoms with Gasteiger partial charge in [0, 0.05) is 24.5 Å². The summed E-state index contributed by atoms with van der Waals surface area (Å²) in [6.45, 7) is 5.50. The van der Waals surface area contributed by atoms with Crippen molar-refractivity contribution in [2.24, 2.45) is 5.92 Å². The van der Waals surface area contributed by atoms with E-state index in [1.165, 1.54) is 11.3 Å². The van der Waals surface area contributed by atoms with E-state index in [4.69, 9.17) is 0 Å². The van der Waals surface area contributed by atoms with E-state index in [1.54, 1.807) is 37.1 Å². The third kappa shape index (κ3) is 5.19. The molecule has 1 saturated heterocycles. The second kappa shape index (κ2) is 7.64. The molecule has 1 fully saturated rings. The predicted molar refractivity (Wildman–Crippen MR) is 94.7 cm³/mol. The SMILES string of the molecule is CN(CC(C)(C)O)C(=O)NCC1CCCN(C)C1c1cccs1. The Balaban J connectivity index is 1.94. The van der Waals surface area contributed by atoms with Crippen molar-refractivity contribution in [2.75, 3.05) is 33.7 Å². The molecule has 130 valence electrons. The van der Waals surface area contributed by atoms with E-state index in [1.807, 2.05) is 0 Å². The Morgan fingerprint density at radius 1 is 1.57 bits per heavy atom. The smallest absolute Gasteiger partial charge is 0.317 e. The molecule has 5 nitrogen and oxygen atoms in total. The summed E-state index contributed by atoms with van der Waals surface area (Å²) in [6, 6.07) is 4.54. The van der Waals surface area contributed by atoms with Gasteiger partial charge in [0.15, 0.2) is 0 Å². The standard InChI is InChI=1S/C17H29N3O2S/c1-17(2,22)12-20(4)16(21)18-11-13-7-5-9-19(3)15(13)14-8-6-10-23-14/h6,8,10,13,15,22H,5,7,9,11-12H2,1-4H3,(H,18,21). The first-order valence-electron chi connectivity index (χ1n) is 8.23. The van der Waals surface area contributed by atoms with Gasteiger partial charge in [-0.25, -0.2) is 4.79 Å². The highest BCUT2D eigenvalue weighted by atomic mass is 32.1. The molecule has 2 atom stereocenters. The number of aliphatic hydroxyl groups is 1. The molecule has 2 rings (SSSR count). The van der Waals surface area contributed by atoms with E-state index >= 15 is 0 Å². The van der Waals surface area contributed by atoms with Crippen LogP contribution in [-0.4, -0.2) is 60.3 Å². The summed E-state index contributed by atoms with van der Waals surface area (Å²) in [6.07, 6.45) is 2.29. The lowest BCUT2D eigenvalue weighted by Gasteiger charge is -2.39. The zero-order valence-corrected chi connectivity index (χ0v) is 15.4. The Kier molecular flexibility index (Phi) is 6.06. The van der Waals surface area contributed by atoms with Crippen LogP contribution >= 0.6 is 11.3 Å². The van der Waals surface area contributed by atoms with Gasteiger partial charge in [-0.3, -0.25) is 4.90 Å². The highest BCUT2D eigenvalue weighted by Crippen LogP contribution is 2.36. The number of hydrogen-bond acceptors (Lipinski definition) is 4. The number of carbonyl (C=O) groups excluding carboxylic acids is 1. The van der Waals surface area contributed by atoms with Gasteiger partial charge in [0.25, 0.3) is 0 Å². The lowest BCUT2D eigenvalue weighted by Crippen LogP contribution is -2.47. The number of carbonyl (C=O) groups is 1. The lowest BCUT2D eigenvalue weighted by molar-refractivity contribution is 0.0524. The van der Waals surface area contributed by atoms with Gasteiger partial charge in [-0.1, -0.05) is 6.07 Å². The maximum atomic E-state index is 12.2. The molecule has 2 unspecified atom stereocenters. The summed E-state index contributed by atoms with van der Waals surface area (Å²) < 4.78 is 0. The summed E-state index contributed by atoms with van der Waals surface area (Å²) in [5.74, 6) is 0.423. The van der Waals surface area contributed by atoms with Crippen LogP contribution in [0, 0.1) is 5.92 Å². The van der Waals surface area contributed by atoms with Gasteiger partial charge in [-0.15, -0.1) is 11.3 Å². The third-order valence-corrected chi connectivity index (χ3v) is 5.27. The van der Waals surface area contributed by atoms with Crippen LogP contribution < -0.4 is 5.32 Å². The van der Waals surface area contributed by atoms with Gasteiger partial charge < -0.3 is 15.3 Å². The lowest BCUT2D eigenvalue weighted by atomic mass is 9.88. The molecule has 1 aromatic heterocycles. The Labute approximate surface area is 143 Å². The molecule has 2 amide bonds. The van der Waals surface area contributed by atoms with Crippen molar-refractivity contribution in [1.82, 2.24) is 15.1 Å². The highest BCUT2D eigenvalue weighted by molar-refractivity contribution is 7.10. The normalized spacial score (nSPS) is 22.8. The molecule has 6 heteroatoms. The van der Waals surface area contributed by atoms with Crippen LogP contribution in [0.25, 0.3) is 0 Å². The minimum absolute atomic E-state index is 0.120. The molecular formula is C17H29N3O2S. The van der Waals surface area contributed by atoms with Crippen molar-refractivity contribution < 1.29 is 9.90 Å². The Hall–Kier alpha value is -1.11. The van der Waals surface area contributed by atoms with Crippen molar-refractivity contribution in [3.8, 4) is 0 Å². The highest BCUT2D eigenvalue weighted by Gasteiger charge is 2.31. The summed E-state index contributed by atoms with van der Waals surface area (Å²) in [4.78, 5) is 17.5. The van der Waals surface area contributed by atoms with Gasteiger partial charge in [-0.2, -0.15) is 0 Å². The minimum atomic E-state index is -0.878. The summed E-state index contributed by atoms with van der Waals surface area (Å²) in [5, 5.41) is 15.0. The molecular weight excluding hydrogens is 310 g/mol. The molecule has 0 radical (unpaired) electrons. The monoisotopic (exact) mass is 339 g/mol. The van der Waals surface area contributed by atoms with Crippen molar-refractivity contribution >= 4 is 17.4 Å². The van der Waals surface area contributed by atoms with E-state index in [9.17, 15) is 9.90 Å². The number of amides is 2. The number of rotatable bonds is 5. The molecule has 2 heterocycles. The van der Waals surface area contributed by atoms with Gasteiger partial charge in [0.2, 0.25) is 0 Å². The van der Waals surface area contributed by atoms with Crippen LogP contribution in [0.2, 0.25) is 0 Å². The quantitative estimate of drug-likeness (QED) is 0.867. The van der Waals surface area contributed by atoms with E-state index in [0.29, 0.717) is 25.0 Å². The Morgan fingerprint density at radius 3 is 2.91 bits per heavy atom. The zero-order chi connectivity index (χ0) is 17.0. The topological polar surface area (TPSA) is 55.8 Å². The van der Waals surface area contributed by atoms with Gasteiger partial charge in [0.05, 0.1) is 12.1 Å². The first-order valence-corrected chi connectivity index (χ1v) is 9.11. The molecule has 1 aliphatic rings. The van der Waals surface area contributed by atoms with E-state index in [2.05, 4.69) is 34.8 Å². The van der Waals surface area contributed by atoms with Crippen molar-refractivity contribution in [3.05, 3.63) is 22.4 Å². The summed E-state index contributed by atoms with van der Waals surface area (Å²) >= 11 is 1.79. The van der Waals surface area contributed by atoms with Gasteiger partial charge in [0.1, 0.15) is 0 Å². The number of hydrogen-bond donors (Lipinski definition) is 2. The fraction of sp³-hybridized carbons (Fsp3) is 0.706. The van der Waals surface area contributed by atoms with Crippen molar-refractivity contribution in [3.63, 3.8) is 0 Å². The first kappa shape index (κ1) is 18.2. The number of nitrogens with zero attached hydrogens (tertiary/aromatic N) is 2. The molecule has 23 heavy (non-hydrogen) atoms. The second-order valence-electron chi connectivity index (χ2n) is 7.20. The van der Waals surface area contributed by atoms with Crippen molar-refractivity contribution in [2.45, 2.75) is 38.3 Å². The molecule has 0 bridgehead atoms. The fourth-order valence-electron chi connectivity index (χ4n) is 3.39. The maximum absolute atomic E-state index is 12.2. The zero-order valence-electron chi connectivity index (χ0n) is 14.6. The number of thiophene rings is 1. The van der Waals surface area contributed by atoms with Crippen LogP contribution in [-0.2, 0) is 0 Å². The van der Waals surface area contributed by atoms with Crippen LogP contribution in [0.1, 0.15) is 37.6 Å². The summed E-state index contributed by atoms with van der Waals surface area (Å²) in [7, 11) is 3.88. The van der Waals surface area contributed by atoms with E-state index in [-0.39, 0.29) is 6.03 Å². The van der Waals surface area contributed by atoms with Crippen molar-refractivity contribution in [1.29, 1.82) is 0 Å². The van der Waals surface area contributed by atoms with Crippen LogP contribution in [0.4, 0.5) is 4.79 Å². The second-order valence-corrected chi connectivity index (χ2v) is 8.18. The molecule has 0 saturated carbocycles.